The molecule has 180 valence electrons. The van der Waals surface area contributed by atoms with Crippen molar-refractivity contribution in [1.29, 1.82) is 0 Å². The largest absolute Gasteiger partial charge is 0.465 e. The molecular weight excluding hydrogens is 476 g/mol. The molecule has 0 aliphatic heterocycles. The van der Waals surface area contributed by atoms with E-state index < -0.39 is 5.97 Å². The van der Waals surface area contributed by atoms with Gasteiger partial charge in [0.2, 0.25) is 0 Å². The van der Waals surface area contributed by atoms with E-state index in [1.165, 1.54) is 24.4 Å². The number of aromatic nitrogens is 6. The van der Waals surface area contributed by atoms with Crippen LogP contribution in [0.2, 0.25) is 0 Å². The summed E-state index contributed by atoms with van der Waals surface area (Å²) in [6, 6.07) is 16.7. The third-order valence-electron chi connectivity index (χ3n) is 5.69. The number of methoxy groups -OCH3 is 1. The summed E-state index contributed by atoms with van der Waals surface area (Å²) >= 11 is 1.40. The molecule has 36 heavy (non-hydrogen) atoms. The Bertz CT molecular complexity index is 1600. The molecule has 2 aromatic carbocycles. The second-order valence-electron chi connectivity index (χ2n) is 7.92. The molecule has 0 unspecified atom stereocenters. The molecule has 10 heteroatoms. The number of benzene rings is 2. The first-order chi connectivity index (χ1) is 17.6. The molecule has 3 heterocycles. The molecular formula is C26H22N6O3S. The maximum absolute atomic E-state index is 12.6. The first-order valence-corrected chi connectivity index (χ1v) is 12.2. The first-order valence-electron chi connectivity index (χ1n) is 11.3. The van der Waals surface area contributed by atoms with Crippen molar-refractivity contribution >= 4 is 28.6 Å². The van der Waals surface area contributed by atoms with E-state index in [0.29, 0.717) is 39.0 Å². The van der Waals surface area contributed by atoms with Crippen molar-refractivity contribution in [1.82, 2.24) is 29.7 Å². The van der Waals surface area contributed by atoms with E-state index in [2.05, 4.69) is 44.2 Å². The highest BCUT2D eigenvalue weighted by Gasteiger charge is 2.17. The number of rotatable bonds is 7. The molecule has 0 radical (unpaired) electrons. The number of esters is 1. The van der Waals surface area contributed by atoms with Gasteiger partial charge in [-0.1, -0.05) is 30.8 Å². The van der Waals surface area contributed by atoms with Crippen LogP contribution in [0.3, 0.4) is 0 Å². The molecule has 0 atom stereocenters. The van der Waals surface area contributed by atoms with Crippen LogP contribution in [0.15, 0.2) is 76.9 Å². The lowest BCUT2D eigenvalue weighted by atomic mass is 10.1. The van der Waals surface area contributed by atoms with Crippen molar-refractivity contribution in [3.05, 3.63) is 94.3 Å². The van der Waals surface area contributed by atoms with Crippen LogP contribution in [-0.2, 0) is 16.9 Å². The summed E-state index contributed by atoms with van der Waals surface area (Å²) in [5, 5.41) is 9.93. The van der Waals surface area contributed by atoms with Crippen LogP contribution in [0.25, 0.3) is 28.0 Å². The Morgan fingerprint density at radius 1 is 1.06 bits per heavy atom. The molecule has 0 aliphatic rings. The van der Waals surface area contributed by atoms with E-state index in [4.69, 9.17) is 4.74 Å². The summed E-state index contributed by atoms with van der Waals surface area (Å²) in [4.78, 5) is 36.0. The average molecular weight is 499 g/mol. The molecule has 0 fully saturated rings. The zero-order chi connectivity index (χ0) is 25.1. The van der Waals surface area contributed by atoms with Crippen LogP contribution >= 0.6 is 11.8 Å². The van der Waals surface area contributed by atoms with Gasteiger partial charge in [0.05, 0.1) is 29.3 Å². The Kier molecular flexibility index (Phi) is 6.59. The second-order valence-corrected chi connectivity index (χ2v) is 8.86. The fourth-order valence-corrected chi connectivity index (χ4v) is 4.62. The van der Waals surface area contributed by atoms with Crippen LogP contribution < -0.4 is 5.56 Å². The number of pyridine rings is 1. The number of nitrogens with zero attached hydrogens (tertiary/aromatic N) is 5. The summed E-state index contributed by atoms with van der Waals surface area (Å²) in [5.41, 5.74) is 3.52. The third kappa shape index (κ3) is 4.63. The van der Waals surface area contributed by atoms with Gasteiger partial charge in [0, 0.05) is 23.6 Å². The van der Waals surface area contributed by atoms with Gasteiger partial charge in [0.1, 0.15) is 5.82 Å². The Balaban J connectivity index is 1.50. The van der Waals surface area contributed by atoms with E-state index in [1.807, 2.05) is 28.8 Å². The van der Waals surface area contributed by atoms with Crippen molar-refractivity contribution in [3.63, 3.8) is 0 Å². The highest BCUT2D eigenvalue weighted by Crippen LogP contribution is 2.29. The predicted octanol–water partition coefficient (Wildman–Crippen LogP) is 4.21. The third-order valence-corrected chi connectivity index (χ3v) is 6.63. The minimum Gasteiger partial charge on any atom is -0.465 e. The van der Waals surface area contributed by atoms with Gasteiger partial charge in [0.25, 0.3) is 5.56 Å². The average Bonchev–Trinajstić information content (AvgIpc) is 3.35. The van der Waals surface area contributed by atoms with Gasteiger partial charge in [0.15, 0.2) is 11.0 Å². The van der Waals surface area contributed by atoms with Crippen molar-refractivity contribution in [3.8, 4) is 17.1 Å². The van der Waals surface area contributed by atoms with Crippen LogP contribution in [-0.4, -0.2) is 42.8 Å². The number of nitrogens with one attached hydrogen (secondary N) is 1. The molecule has 5 rings (SSSR count). The van der Waals surface area contributed by atoms with Gasteiger partial charge in [-0.05, 0) is 54.4 Å². The lowest BCUT2D eigenvalue weighted by molar-refractivity contribution is 0.0601. The predicted molar refractivity (Wildman–Crippen MR) is 137 cm³/mol. The fourth-order valence-electron chi connectivity index (χ4n) is 3.80. The number of fused-ring (bicyclic) bond motifs is 1. The monoisotopic (exact) mass is 498 g/mol. The quantitative estimate of drug-likeness (QED) is 0.262. The number of aryl methyl sites for hydroxylation is 1. The van der Waals surface area contributed by atoms with E-state index in [1.54, 1.807) is 30.6 Å². The molecule has 0 amide bonds. The number of thioether (sulfide) groups is 1. The fraction of sp³-hybridized carbons (Fsp3) is 0.154. The van der Waals surface area contributed by atoms with Crippen molar-refractivity contribution < 1.29 is 9.53 Å². The Morgan fingerprint density at radius 2 is 1.83 bits per heavy atom. The Hall–Kier alpha value is -4.31. The van der Waals surface area contributed by atoms with Crippen LogP contribution in [0.4, 0.5) is 0 Å². The first kappa shape index (κ1) is 23.4. The minimum absolute atomic E-state index is 0.277. The highest BCUT2D eigenvalue weighted by molar-refractivity contribution is 7.98. The number of hydrogen-bond donors (Lipinski definition) is 1. The number of H-pyrrole nitrogens is 1. The molecule has 3 aromatic heterocycles. The number of aromatic amines is 1. The molecule has 0 spiro atoms. The van der Waals surface area contributed by atoms with Gasteiger partial charge in [-0.2, -0.15) is 0 Å². The number of carbonyl (C=O) groups excluding carboxylic acids is 1. The minimum atomic E-state index is -0.485. The Morgan fingerprint density at radius 3 is 2.56 bits per heavy atom. The summed E-state index contributed by atoms with van der Waals surface area (Å²) in [6.07, 6.45) is 4.38. The van der Waals surface area contributed by atoms with Gasteiger partial charge in [-0.3, -0.25) is 14.3 Å². The zero-order valence-electron chi connectivity index (χ0n) is 19.6. The van der Waals surface area contributed by atoms with E-state index in [0.717, 1.165) is 17.7 Å². The normalized spacial score (nSPS) is 11.1. The summed E-state index contributed by atoms with van der Waals surface area (Å²) in [7, 11) is 1.31. The number of ether oxygens (including phenoxy) is 1. The van der Waals surface area contributed by atoms with Crippen molar-refractivity contribution in [2.24, 2.45) is 0 Å². The molecule has 1 N–H and O–H groups in total. The lowest BCUT2D eigenvalue weighted by Gasteiger charge is -2.11. The van der Waals surface area contributed by atoms with Crippen LogP contribution in [0, 0.1) is 0 Å². The van der Waals surface area contributed by atoms with E-state index in [-0.39, 0.29) is 5.56 Å². The topological polar surface area (TPSA) is 116 Å². The summed E-state index contributed by atoms with van der Waals surface area (Å²) in [6.45, 7) is 2.11. The van der Waals surface area contributed by atoms with Gasteiger partial charge < -0.3 is 9.72 Å². The molecule has 9 nitrogen and oxygen atoms in total. The molecule has 0 bridgehead atoms. The van der Waals surface area contributed by atoms with Gasteiger partial charge in [-0.25, -0.2) is 9.78 Å². The maximum atomic E-state index is 12.6. The standard InChI is InChI=1S/C26H22N6O3S/c1-3-16-4-7-19(8-5-16)32-23(17-10-12-27-13-11-17)30-31-26(32)36-15-22-28-21-14-18(25(34)35-2)6-9-20(21)24(33)29-22/h4-14H,3,15H2,1-2H3,(H,28,29,33). The summed E-state index contributed by atoms with van der Waals surface area (Å²) in [5.74, 6) is 1.00. The number of hydrogen-bond acceptors (Lipinski definition) is 8. The van der Waals surface area contributed by atoms with E-state index in [9.17, 15) is 9.59 Å². The second kappa shape index (κ2) is 10.1. The summed E-state index contributed by atoms with van der Waals surface area (Å²) < 4.78 is 6.76. The van der Waals surface area contributed by atoms with Gasteiger partial charge in [-0.15, -0.1) is 10.2 Å². The lowest BCUT2D eigenvalue weighted by Crippen LogP contribution is -2.12. The molecule has 0 aliphatic carbocycles. The van der Waals surface area contributed by atoms with Crippen LogP contribution in [0.1, 0.15) is 28.7 Å². The van der Waals surface area contributed by atoms with Crippen molar-refractivity contribution in [2.45, 2.75) is 24.3 Å². The van der Waals surface area contributed by atoms with E-state index >= 15 is 0 Å². The molecule has 5 aromatic rings. The van der Waals surface area contributed by atoms with Gasteiger partial charge >= 0.3 is 5.97 Å². The Labute approximate surface area is 210 Å². The highest BCUT2D eigenvalue weighted by atomic mass is 32.2. The van der Waals surface area contributed by atoms with Crippen molar-refractivity contribution in [2.75, 3.05) is 7.11 Å². The zero-order valence-corrected chi connectivity index (χ0v) is 20.5. The molecule has 0 saturated heterocycles. The SMILES string of the molecule is CCc1ccc(-n2c(SCc3nc4cc(C(=O)OC)ccc4c(=O)[nH]3)nnc2-c2ccncc2)cc1. The maximum Gasteiger partial charge on any atom is 0.337 e. The van der Waals surface area contributed by atoms with Crippen LogP contribution in [0.5, 0.6) is 0 Å². The molecule has 0 saturated carbocycles. The smallest absolute Gasteiger partial charge is 0.337 e. The number of carbonyl (C=O) groups is 1.